The Morgan fingerprint density at radius 3 is 2.42 bits per heavy atom. The van der Waals surface area contributed by atoms with Gasteiger partial charge in [-0.15, -0.1) is 11.3 Å². The quantitative estimate of drug-likeness (QED) is 0.872. The maximum Gasteiger partial charge on any atom is 0.406 e. The summed E-state index contributed by atoms with van der Waals surface area (Å²) in [5, 5.41) is 3.48. The molecule has 1 aromatic heterocycles. The van der Waals surface area contributed by atoms with Crippen LogP contribution in [0.25, 0.3) is 0 Å². The second-order valence-corrected chi connectivity index (χ2v) is 5.68. The summed E-state index contributed by atoms with van der Waals surface area (Å²) in [5.41, 5.74) is 0.884. The van der Waals surface area contributed by atoms with Crippen LogP contribution in [0.15, 0.2) is 0 Å². The average molecular weight is 295 g/mol. The van der Waals surface area contributed by atoms with Gasteiger partial charge in [0, 0.05) is 18.0 Å². The molecule has 0 fully saturated rings. The van der Waals surface area contributed by atoms with Gasteiger partial charge >= 0.3 is 6.18 Å². The van der Waals surface area contributed by atoms with Gasteiger partial charge < -0.3 is 10.2 Å². The van der Waals surface area contributed by atoms with Gasteiger partial charge in [-0.25, -0.2) is 4.98 Å². The van der Waals surface area contributed by atoms with Gasteiger partial charge in [-0.2, -0.15) is 13.2 Å². The van der Waals surface area contributed by atoms with Crippen LogP contribution in [-0.4, -0.2) is 31.3 Å². The van der Waals surface area contributed by atoms with Crippen LogP contribution < -0.4 is 10.2 Å². The van der Waals surface area contributed by atoms with Gasteiger partial charge in [0.25, 0.3) is 0 Å². The number of hydrogen-bond acceptors (Lipinski definition) is 4. The Bertz CT molecular complexity index is 401. The van der Waals surface area contributed by atoms with Crippen LogP contribution >= 0.6 is 11.3 Å². The van der Waals surface area contributed by atoms with Crippen molar-refractivity contribution in [3.05, 3.63) is 10.6 Å². The second kappa shape index (κ2) is 6.56. The zero-order valence-corrected chi connectivity index (χ0v) is 12.5. The smallest absolute Gasteiger partial charge is 0.339 e. The molecule has 0 spiro atoms. The molecule has 1 aromatic rings. The van der Waals surface area contributed by atoms with Crippen LogP contribution in [0.1, 0.15) is 37.3 Å². The van der Waals surface area contributed by atoms with Gasteiger partial charge in [-0.3, -0.25) is 0 Å². The molecule has 0 amide bonds. The number of alkyl halides is 3. The third-order valence-electron chi connectivity index (χ3n) is 2.62. The fourth-order valence-corrected chi connectivity index (χ4v) is 3.04. The third kappa shape index (κ3) is 4.65. The predicted molar refractivity (Wildman–Crippen MR) is 72.9 cm³/mol. The van der Waals surface area contributed by atoms with Crippen LogP contribution in [0.5, 0.6) is 0 Å². The van der Waals surface area contributed by atoms with E-state index in [1.807, 2.05) is 20.9 Å². The van der Waals surface area contributed by atoms with Gasteiger partial charge in [0.2, 0.25) is 0 Å². The van der Waals surface area contributed by atoms with Gasteiger partial charge in [0.1, 0.15) is 6.54 Å². The molecule has 0 aromatic carbocycles. The molecule has 0 bridgehead atoms. The first kappa shape index (κ1) is 16.2. The molecule has 0 atom stereocenters. The monoisotopic (exact) mass is 295 g/mol. The minimum absolute atomic E-state index is 0.206. The molecule has 0 aliphatic heterocycles. The molecule has 110 valence electrons. The van der Waals surface area contributed by atoms with E-state index in [0.717, 1.165) is 10.6 Å². The lowest BCUT2D eigenvalue weighted by molar-refractivity contribution is -0.119. The molecule has 0 saturated heterocycles. The first-order valence-electron chi connectivity index (χ1n) is 6.24. The Balaban J connectivity index is 3.01. The third-order valence-corrected chi connectivity index (χ3v) is 3.75. The van der Waals surface area contributed by atoms with Crippen LogP contribution in [-0.2, 0) is 6.54 Å². The molecule has 0 saturated carbocycles. The Morgan fingerprint density at radius 1 is 1.37 bits per heavy atom. The minimum atomic E-state index is -4.21. The molecule has 3 nitrogen and oxygen atoms in total. The summed E-state index contributed by atoms with van der Waals surface area (Å²) in [6, 6.07) is 0. The van der Waals surface area contributed by atoms with E-state index in [2.05, 4.69) is 10.3 Å². The summed E-state index contributed by atoms with van der Waals surface area (Å²) in [4.78, 5) is 6.67. The summed E-state index contributed by atoms with van der Waals surface area (Å²) in [7, 11) is 1.82. The largest absolute Gasteiger partial charge is 0.406 e. The first-order valence-corrected chi connectivity index (χ1v) is 7.06. The topological polar surface area (TPSA) is 28.2 Å². The van der Waals surface area contributed by atoms with Crippen LogP contribution in [0.4, 0.5) is 18.3 Å². The summed E-state index contributed by atoms with van der Waals surface area (Å²) in [6.07, 6.45) is -4.21. The molecule has 7 heteroatoms. The first-order chi connectivity index (χ1) is 8.78. The molecule has 1 rings (SSSR count). The number of nitrogens with one attached hydrogen (secondary N) is 1. The standard InChI is InChI=1S/C12H20F3N3S/c1-5-18(7-12(13,14)15)11-17-10(8(2)3)9(19-11)6-16-4/h8,16H,5-7H2,1-4H3. The lowest BCUT2D eigenvalue weighted by Crippen LogP contribution is -2.34. The highest BCUT2D eigenvalue weighted by atomic mass is 32.1. The van der Waals surface area contributed by atoms with Crippen LogP contribution in [0.2, 0.25) is 0 Å². The number of aromatic nitrogens is 1. The highest BCUT2D eigenvalue weighted by Gasteiger charge is 2.31. The lowest BCUT2D eigenvalue weighted by Gasteiger charge is -2.21. The Hall–Kier alpha value is -0.820. The van der Waals surface area contributed by atoms with Crippen molar-refractivity contribution in [3.8, 4) is 0 Å². The Labute approximate surface area is 115 Å². The number of anilines is 1. The summed E-state index contributed by atoms with van der Waals surface area (Å²) >= 11 is 1.34. The van der Waals surface area contributed by atoms with Gasteiger partial charge in [0.15, 0.2) is 5.13 Å². The van der Waals surface area contributed by atoms with Crippen molar-refractivity contribution in [2.45, 2.75) is 39.4 Å². The van der Waals surface area contributed by atoms with Gasteiger partial charge in [0.05, 0.1) is 5.69 Å². The van der Waals surface area contributed by atoms with Crippen molar-refractivity contribution in [3.63, 3.8) is 0 Å². The maximum atomic E-state index is 12.5. The molecule has 0 aliphatic carbocycles. The van der Waals surface area contributed by atoms with Crippen molar-refractivity contribution >= 4 is 16.5 Å². The fraction of sp³-hybridized carbons (Fsp3) is 0.750. The fourth-order valence-electron chi connectivity index (χ4n) is 1.76. The molecule has 19 heavy (non-hydrogen) atoms. The second-order valence-electron chi connectivity index (χ2n) is 4.62. The normalized spacial score (nSPS) is 12.2. The molecule has 0 radical (unpaired) electrons. The zero-order chi connectivity index (χ0) is 14.6. The van der Waals surface area contributed by atoms with Crippen molar-refractivity contribution in [1.82, 2.24) is 10.3 Å². The highest BCUT2D eigenvalue weighted by Crippen LogP contribution is 2.32. The maximum absolute atomic E-state index is 12.5. The Kier molecular flexibility index (Phi) is 5.61. The van der Waals surface area contributed by atoms with E-state index in [4.69, 9.17) is 0 Å². The minimum Gasteiger partial charge on any atom is -0.339 e. The van der Waals surface area contributed by atoms with E-state index in [1.165, 1.54) is 16.2 Å². The molecule has 0 aliphatic rings. The Morgan fingerprint density at radius 2 is 2.00 bits per heavy atom. The molecular formula is C12H20F3N3S. The van der Waals surface area contributed by atoms with Crippen molar-refractivity contribution in [2.24, 2.45) is 0 Å². The van der Waals surface area contributed by atoms with E-state index >= 15 is 0 Å². The molecule has 1 N–H and O–H groups in total. The predicted octanol–water partition coefficient (Wildman–Crippen LogP) is 3.37. The summed E-state index contributed by atoms with van der Waals surface area (Å²) in [6.45, 7) is 5.68. The van der Waals surface area contributed by atoms with Crippen LogP contribution in [0, 0.1) is 0 Å². The molecular weight excluding hydrogens is 275 g/mol. The average Bonchev–Trinajstić information content (AvgIpc) is 2.69. The summed E-state index contributed by atoms with van der Waals surface area (Å²) in [5.74, 6) is 0.206. The zero-order valence-electron chi connectivity index (χ0n) is 11.6. The van der Waals surface area contributed by atoms with Crippen molar-refractivity contribution in [2.75, 3.05) is 25.0 Å². The number of nitrogens with zero attached hydrogens (tertiary/aromatic N) is 2. The number of halogens is 3. The van der Waals surface area contributed by atoms with E-state index in [0.29, 0.717) is 18.2 Å². The summed E-state index contributed by atoms with van der Waals surface area (Å²) < 4.78 is 37.5. The van der Waals surface area contributed by atoms with Gasteiger partial charge in [-0.05, 0) is 19.9 Å². The highest BCUT2D eigenvalue weighted by molar-refractivity contribution is 7.15. The van der Waals surface area contributed by atoms with E-state index < -0.39 is 12.7 Å². The van der Waals surface area contributed by atoms with Crippen molar-refractivity contribution in [1.29, 1.82) is 0 Å². The number of thiazole rings is 1. The molecule has 1 heterocycles. The van der Waals surface area contributed by atoms with Crippen molar-refractivity contribution < 1.29 is 13.2 Å². The molecule has 0 unspecified atom stereocenters. The van der Waals surface area contributed by atoms with E-state index in [1.54, 1.807) is 6.92 Å². The number of rotatable bonds is 6. The SMILES string of the molecule is CCN(CC(F)(F)F)c1nc(C(C)C)c(CNC)s1. The number of hydrogen-bond donors (Lipinski definition) is 1. The van der Waals surface area contributed by atoms with Crippen LogP contribution in [0.3, 0.4) is 0 Å². The van der Waals surface area contributed by atoms with E-state index in [9.17, 15) is 13.2 Å². The van der Waals surface area contributed by atoms with Gasteiger partial charge in [-0.1, -0.05) is 13.8 Å². The lowest BCUT2D eigenvalue weighted by atomic mass is 10.1. The van der Waals surface area contributed by atoms with E-state index in [-0.39, 0.29) is 5.92 Å².